The zero-order valence-electron chi connectivity index (χ0n) is 13.4. The summed E-state index contributed by atoms with van der Waals surface area (Å²) in [5.41, 5.74) is -0.112. The van der Waals surface area contributed by atoms with Crippen LogP contribution in [0.3, 0.4) is 0 Å². The normalized spacial score (nSPS) is 19.8. The number of nitrogens with one attached hydrogen (secondary N) is 2. The lowest BCUT2D eigenvalue weighted by Crippen LogP contribution is -2.50. The molecule has 1 unspecified atom stereocenters. The molecule has 132 valence electrons. The predicted octanol–water partition coefficient (Wildman–Crippen LogP) is 1.90. The molecule has 1 atom stereocenters. The topological polar surface area (TPSA) is 96.9 Å². The second-order valence-corrected chi connectivity index (χ2v) is 6.16. The van der Waals surface area contributed by atoms with E-state index in [0.29, 0.717) is 36.0 Å². The second-order valence-electron chi connectivity index (χ2n) is 5.72. The van der Waals surface area contributed by atoms with E-state index in [1.165, 1.54) is 0 Å². The van der Waals surface area contributed by atoms with Gasteiger partial charge in [0.05, 0.1) is 31.4 Å². The first kappa shape index (κ1) is 18.4. The van der Waals surface area contributed by atoms with E-state index in [2.05, 4.69) is 10.6 Å². The summed E-state index contributed by atoms with van der Waals surface area (Å²) in [4.78, 5) is 23.1. The predicted molar refractivity (Wildman–Crippen MR) is 89.7 cm³/mol. The lowest BCUT2D eigenvalue weighted by Gasteiger charge is -2.27. The molecule has 1 aliphatic heterocycles. The van der Waals surface area contributed by atoms with Crippen molar-refractivity contribution >= 4 is 29.2 Å². The van der Waals surface area contributed by atoms with Crippen molar-refractivity contribution in [3.63, 3.8) is 0 Å². The Labute approximate surface area is 145 Å². The van der Waals surface area contributed by atoms with Crippen LogP contribution < -0.4 is 15.4 Å². The smallest absolute Gasteiger partial charge is 0.305 e. The first-order valence-corrected chi connectivity index (χ1v) is 8.00. The number of halogens is 1. The number of carboxylic acid groups (broad SMARTS) is 1. The quantitative estimate of drug-likeness (QED) is 0.658. The number of carboxylic acids is 1. The maximum absolute atomic E-state index is 12.1. The van der Waals surface area contributed by atoms with Gasteiger partial charge in [-0.05, 0) is 24.6 Å². The molecule has 0 radical (unpaired) electrons. The van der Waals surface area contributed by atoms with Gasteiger partial charge in [-0.3, -0.25) is 9.59 Å². The van der Waals surface area contributed by atoms with E-state index < -0.39 is 11.5 Å². The van der Waals surface area contributed by atoms with E-state index in [9.17, 15) is 9.59 Å². The van der Waals surface area contributed by atoms with E-state index in [-0.39, 0.29) is 25.4 Å². The first-order valence-electron chi connectivity index (χ1n) is 7.62. The monoisotopic (exact) mass is 356 g/mol. The number of ether oxygens (including phenoxy) is 2. The molecular formula is C16H21ClN2O5. The summed E-state index contributed by atoms with van der Waals surface area (Å²) < 4.78 is 10.5. The third kappa shape index (κ3) is 5.01. The average Bonchev–Trinajstić information content (AvgIpc) is 2.94. The number of methoxy groups -OCH3 is 1. The molecule has 1 saturated heterocycles. The summed E-state index contributed by atoms with van der Waals surface area (Å²) in [5.74, 6) is -0.552. The molecule has 2 rings (SSSR count). The van der Waals surface area contributed by atoms with E-state index >= 15 is 0 Å². The van der Waals surface area contributed by atoms with Gasteiger partial charge < -0.3 is 25.2 Å². The molecule has 1 amide bonds. The molecule has 0 spiro atoms. The molecule has 0 bridgehead atoms. The van der Waals surface area contributed by atoms with E-state index in [4.69, 9.17) is 26.2 Å². The lowest BCUT2D eigenvalue weighted by atomic mass is 9.94. The molecule has 1 aromatic rings. The van der Waals surface area contributed by atoms with Crippen LogP contribution in [0.25, 0.3) is 0 Å². The van der Waals surface area contributed by atoms with Crippen molar-refractivity contribution in [2.24, 2.45) is 0 Å². The molecule has 1 aromatic carbocycles. The lowest BCUT2D eigenvalue weighted by molar-refractivity contribution is -0.139. The van der Waals surface area contributed by atoms with Gasteiger partial charge in [-0.15, -0.1) is 0 Å². The maximum Gasteiger partial charge on any atom is 0.305 e. The summed E-state index contributed by atoms with van der Waals surface area (Å²) in [5, 5.41) is 15.5. The molecular weight excluding hydrogens is 336 g/mol. The van der Waals surface area contributed by atoms with Crippen molar-refractivity contribution in [1.82, 2.24) is 5.32 Å². The highest BCUT2D eigenvalue weighted by molar-refractivity contribution is 6.30. The number of amides is 1. The van der Waals surface area contributed by atoms with Gasteiger partial charge >= 0.3 is 5.97 Å². The van der Waals surface area contributed by atoms with Gasteiger partial charge in [0.1, 0.15) is 5.75 Å². The Hall–Kier alpha value is -1.99. The number of carbonyl (C=O) groups is 2. The molecule has 0 aromatic heterocycles. The summed E-state index contributed by atoms with van der Waals surface area (Å²) >= 11 is 5.95. The van der Waals surface area contributed by atoms with Gasteiger partial charge in [-0.25, -0.2) is 0 Å². The zero-order valence-corrected chi connectivity index (χ0v) is 14.2. The fourth-order valence-electron chi connectivity index (χ4n) is 2.67. The highest BCUT2D eigenvalue weighted by Gasteiger charge is 2.38. The van der Waals surface area contributed by atoms with Crippen molar-refractivity contribution in [2.45, 2.75) is 24.8 Å². The van der Waals surface area contributed by atoms with Gasteiger partial charge in [-0.1, -0.05) is 11.6 Å². The SMILES string of the molecule is COc1ccc(Cl)cc1NCCC(=O)NC1(CC(=O)O)CCOC1. The number of benzene rings is 1. The largest absolute Gasteiger partial charge is 0.495 e. The first-order chi connectivity index (χ1) is 11.4. The summed E-state index contributed by atoms with van der Waals surface area (Å²) in [6.07, 6.45) is 0.548. The fourth-order valence-corrected chi connectivity index (χ4v) is 2.84. The molecule has 7 nitrogen and oxygen atoms in total. The van der Waals surface area contributed by atoms with Gasteiger partial charge in [0, 0.05) is 24.6 Å². The summed E-state index contributed by atoms with van der Waals surface area (Å²) in [6, 6.07) is 5.17. The number of hydrogen-bond donors (Lipinski definition) is 3. The minimum absolute atomic E-state index is 0.145. The minimum Gasteiger partial charge on any atom is -0.495 e. The van der Waals surface area contributed by atoms with Crippen LogP contribution in [0.4, 0.5) is 5.69 Å². The fraction of sp³-hybridized carbons (Fsp3) is 0.500. The van der Waals surface area contributed by atoms with Crippen LogP contribution in [0.1, 0.15) is 19.3 Å². The van der Waals surface area contributed by atoms with Crippen LogP contribution in [0, 0.1) is 0 Å². The van der Waals surface area contributed by atoms with Gasteiger partial charge in [-0.2, -0.15) is 0 Å². The molecule has 0 aliphatic carbocycles. The van der Waals surface area contributed by atoms with Crippen molar-refractivity contribution in [2.75, 3.05) is 32.2 Å². The molecule has 8 heteroatoms. The van der Waals surface area contributed by atoms with Crippen LogP contribution >= 0.6 is 11.6 Å². The van der Waals surface area contributed by atoms with Gasteiger partial charge in [0.15, 0.2) is 0 Å². The summed E-state index contributed by atoms with van der Waals surface area (Å²) in [7, 11) is 1.55. The number of carbonyl (C=O) groups excluding carboxylic acids is 1. The van der Waals surface area contributed by atoms with Crippen molar-refractivity contribution in [3.05, 3.63) is 23.2 Å². The number of aliphatic carboxylic acids is 1. The van der Waals surface area contributed by atoms with Crippen molar-refractivity contribution in [1.29, 1.82) is 0 Å². The molecule has 3 N–H and O–H groups in total. The molecule has 1 aliphatic rings. The zero-order chi connectivity index (χ0) is 17.6. The third-order valence-corrected chi connectivity index (χ3v) is 4.06. The highest BCUT2D eigenvalue weighted by atomic mass is 35.5. The van der Waals surface area contributed by atoms with Crippen LogP contribution in [-0.4, -0.2) is 49.4 Å². The van der Waals surface area contributed by atoms with E-state index in [1.807, 2.05) is 0 Å². The molecule has 1 fully saturated rings. The maximum atomic E-state index is 12.1. The Bertz CT molecular complexity index is 602. The Morgan fingerprint density at radius 2 is 2.25 bits per heavy atom. The third-order valence-electron chi connectivity index (χ3n) is 3.83. The molecule has 1 heterocycles. The second kappa shape index (κ2) is 8.21. The van der Waals surface area contributed by atoms with Gasteiger partial charge in [0.2, 0.25) is 5.91 Å². The molecule has 24 heavy (non-hydrogen) atoms. The van der Waals surface area contributed by atoms with Crippen LogP contribution in [-0.2, 0) is 14.3 Å². The average molecular weight is 357 g/mol. The van der Waals surface area contributed by atoms with Crippen molar-refractivity contribution in [3.8, 4) is 5.75 Å². The Morgan fingerprint density at radius 1 is 1.46 bits per heavy atom. The number of anilines is 1. The Kier molecular flexibility index (Phi) is 6.28. The van der Waals surface area contributed by atoms with E-state index in [1.54, 1.807) is 25.3 Å². The van der Waals surface area contributed by atoms with Crippen LogP contribution in [0.2, 0.25) is 5.02 Å². The number of rotatable bonds is 8. The van der Waals surface area contributed by atoms with Crippen LogP contribution in [0.5, 0.6) is 5.75 Å². The number of hydrogen-bond acceptors (Lipinski definition) is 5. The Morgan fingerprint density at radius 3 is 2.88 bits per heavy atom. The van der Waals surface area contributed by atoms with E-state index in [0.717, 1.165) is 0 Å². The minimum atomic E-state index is -0.956. The molecule has 0 saturated carbocycles. The standard InChI is InChI=1S/C16H21ClN2O5/c1-23-13-3-2-11(17)8-12(13)18-6-4-14(20)19-16(9-15(21)22)5-7-24-10-16/h2-3,8,18H,4-7,9-10H2,1H3,(H,19,20)(H,21,22). The Balaban J connectivity index is 1.87. The van der Waals surface area contributed by atoms with Gasteiger partial charge in [0.25, 0.3) is 0 Å². The van der Waals surface area contributed by atoms with Crippen LogP contribution in [0.15, 0.2) is 18.2 Å². The summed E-state index contributed by atoms with van der Waals surface area (Å²) in [6.45, 7) is 1.04. The highest BCUT2D eigenvalue weighted by Crippen LogP contribution is 2.27. The van der Waals surface area contributed by atoms with Crippen molar-refractivity contribution < 1.29 is 24.2 Å².